The first-order chi connectivity index (χ1) is 10.3. The predicted octanol–water partition coefficient (Wildman–Crippen LogP) is 1.31. The number of amides is 2. The quantitative estimate of drug-likeness (QED) is 0.858. The van der Waals surface area contributed by atoms with Crippen molar-refractivity contribution in [2.45, 2.75) is 51.1 Å². The molecule has 2 rings (SSSR count). The van der Waals surface area contributed by atoms with Crippen LogP contribution in [0.15, 0.2) is 12.3 Å². The van der Waals surface area contributed by atoms with Crippen LogP contribution in [0, 0.1) is 5.92 Å². The number of primary amides is 1. The fourth-order valence-corrected chi connectivity index (χ4v) is 2.81. The summed E-state index contributed by atoms with van der Waals surface area (Å²) in [5.41, 5.74) is 5.66. The molecule has 2 amide bonds. The minimum atomic E-state index is -2.69. The standard InChI is InChI=1S/C14H20F2N4O2/c1-2-20-10(5-8-18-20)13(22)19-11(12(17)21)9-3-6-14(15,16)7-4-9/h5,8-9,11H,2-4,6-7H2,1H3,(H2,17,21)(H,19,22)/t11-/m0/s1. The van der Waals surface area contributed by atoms with Crippen LogP contribution in [0.5, 0.6) is 0 Å². The molecule has 0 aliphatic heterocycles. The molecule has 0 saturated heterocycles. The van der Waals surface area contributed by atoms with Gasteiger partial charge in [0.15, 0.2) is 0 Å². The maximum Gasteiger partial charge on any atom is 0.270 e. The van der Waals surface area contributed by atoms with Gasteiger partial charge in [-0.1, -0.05) is 0 Å². The summed E-state index contributed by atoms with van der Waals surface area (Å²) in [6.45, 7) is 2.34. The smallest absolute Gasteiger partial charge is 0.270 e. The largest absolute Gasteiger partial charge is 0.368 e. The number of nitrogens with one attached hydrogen (secondary N) is 1. The number of hydrogen-bond acceptors (Lipinski definition) is 3. The average molecular weight is 314 g/mol. The Kier molecular flexibility index (Phi) is 4.77. The fraction of sp³-hybridized carbons (Fsp3) is 0.643. The topological polar surface area (TPSA) is 90.0 Å². The van der Waals surface area contributed by atoms with Gasteiger partial charge in [0.05, 0.1) is 0 Å². The van der Waals surface area contributed by atoms with E-state index in [4.69, 9.17) is 5.73 Å². The SMILES string of the molecule is CCn1nccc1C(=O)N[C@H](C(N)=O)C1CCC(F)(F)CC1. The Hall–Kier alpha value is -1.99. The Bertz CT molecular complexity index is 549. The van der Waals surface area contributed by atoms with Gasteiger partial charge in [-0.05, 0) is 31.7 Å². The number of alkyl halides is 2. The van der Waals surface area contributed by atoms with Crippen LogP contribution in [0.1, 0.15) is 43.1 Å². The number of nitrogens with zero attached hydrogens (tertiary/aromatic N) is 2. The van der Waals surface area contributed by atoms with E-state index in [2.05, 4.69) is 10.4 Å². The molecule has 1 atom stereocenters. The van der Waals surface area contributed by atoms with Crippen molar-refractivity contribution in [2.75, 3.05) is 0 Å². The molecule has 1 aromatic heterocycles. The lowest BCUT2D eigenvalue weighted by Crippen LogP contribution is -2.51. The number of carbonyl (C=O) groups excluding carboxylic acids is 2. The van der Waals surface area contributed by atoms with Crippen molar-refractivity contribution in [3.63, 3.8) is 0 Å². The lowest BCUT2D eigenvalue weighted by molar-refractivity contribution is -0.122. The molecule has 0 unspecified atom stereocenters. The monoisotopic (exact) mass is 314 g/mol. The number of aryl methyl sites for hydroxylation is 1. The van der Waals surface area contributed by atoms with Gasteiger partial charge in [0.25, 0.3) is 5.91 Å². The zero-order valence-electron chi connectivity index (χ0n) is 12.4. The van der Waals surface area contributed by atoms with Crippen LogP contribution in [-0.2, 0) is 11.3 Å². The highest BCUT2D eigenvalue weighted by Crippen LogP contribution is 2.37. The van der Waals surface area contributed by atoms with E-state index in [0.29, 0.717) is 12.2 Å². The third-order valence-electron chi connectivity index (χ3n) is 4.08. The van der Waals surface area contributed by atoms with E-state index in [1.54, 1.807) is 0 Å². The van der Waals surface area contributed by atoms with Crippen LogP contribution >= 0.6 is 0 Å². The van der Waals surface area contributed by atoms with Crippen molar-refractivity contribution in [3.8, 4) is 0 Å². The lowest BCUT2D eigenvalue weighted by Gasteiger charge is -2.32. The van der Waals surface area contributed by atoms with Crippen molar-refractivity contribution < 1.29 is 18.4 Å². The minimum absolute atomic E-state index is 0.161. The molecule has 1 fully saturated rings. The molecule has 1 aliphatic carbocycles. The summed E-state index contributed by atoms with van der Waals surface area (Å²) in [7, 11) is 0. The Balaban J connectivity index is 2.06. The molecule has 3 N–H and O–H groups in total. The summed E-state index contributed by atoms with van der Waals surface area (Å²) >= 11 is 0. The summed E-state index contributed by atoms with van der Waals surface area (Å²) in [5, 5.41) is 6.55. The molecule has 1 aliphatic rings. The number of halogens is 2. The second-order valence-corrected chi connectivity index (χ2v) is 5.58. The Labute approximate surface area is 127 Å². The van der Waals surface area contributed by atoms with Crippen LogP contribution in [-0.4, -0.2) is 33.6 Å². The number of hydrogen-bond donors (Lipinski definition) is 2. The second-order valence-electron chi connectivity index (χ2n) is 5.58. The van der Waals surface area contributed by atoms with Gasteiger partial charge < -0.3 is 11.1 Å². The van der Waals surface area contributed by atoms with Gasteiger partial charge >= 0.3 is 0 Å². The number of aromatic nitrogens is 2. The first-order valence-corrected chi connectivity index (χ1v) is 7.34. The Morgan fingerprint density at radius 2 is 2.14 bits per heavy atom. The van der Waals surface area contributed by atoms with Crippen molar-refractivity contribution in [3.05, 3.63) is 18.0 Å². The normalized spacial score (nSPS) is 19.6. The number of nitrogens with two attached hydrogens (primary N) is 1. The van der Waals surface area contributed by atoms with E-state index in [1.807, 2.05) is 6.92 Å². The third kappa shape index (κ3) is 3.61. The van der Waals surface area contributed by atoms with Gasteiger partial charge in [-0.15, -0.1) is 0 Å². The second kappa shape index (κ2) is 6.41. The molecule has 8 heteroatoms. The van der Waals surface area contributed by atoms with Crippen LogP contribution in [0.4, 0.5) is 8.78 Å². The molecule has 22 heavy (non-hydrogen) atoms. The van der Waals surface area contributed by atoms with E-state index in [0.717, 1.165) is 0 Å². The van der Waals surface area contributed by atoms with Gasteiger partial charge in [-0.25, -0.2) is 8.78 Å². The highest BCUT2D eigenvalue weighted by atomic mass is 19.3. The first kappa shape index (κ1) is 16.4. The highest BCUT2D eigenvalue weighted by molar-refractivity contribution is 5.96. The van der Waals surface area contributed by atoms with Crippen LogP contribution < -0.4 is 11.1 Å². The molecule has 6 nitrogen and oxygen atoms in total. The maximum atomic E-state index is 13.2. The number of rotatable bonds is 5. The molecular formula is C14H20F2N4O2. The van der Waals surface area contributed by atoms with Crippen molar-refractivity contribution in [2.24, 2.45) is 11.7 Å². The molecule has 0 radical (unpaired) electrons. The number of carbonyl (C=O) groups is 2. The fourth-order valence-electron chi connectivity index (χ4n) is 2.81. The van der Waals surface area contributed by atoms with Crippen LogP contribution in [0.3, 0.4) is 0 Å². The van der Waals surface area contributed by atoms with E-state index >= 15 is 0 Å². The van der Waals surface area contributed by atoms with Gasteiger partial charge in [-0.3, -0.25) is 14.3 Å². The molecule has 0 bridgehead atoms. The van der Waals surface area contributed by atoms with E-state index in [-0.39, 0.29) is 31.6 Å². The average Bonchev–Trinajstić information content (AvgIpc) is 2.93. The van der Waals surface area contributed by atoms with Gasteiger partial charge in [-0.2, -0.15) is 5.10 Å². The van der Waals surface area contributed by atoms with E-state index < -0.39 is 23.8 Å². The first-order valence-electron chi connectivity index (χ1n) is 7.34. The molecular weight excluding hydrogens is 294 g/mol. The summed E-state index contributed by atoms with van der Waals surface area (Å²) in [6.07, 6.45) is 1.23. The Morgan fingerprint density at radius 3 is 2.68 bits per heavy atom. The third-order valence-corrected chi connectivity index (χ3v) is 4.08. The minimum Gasteiger partial charge on any atom is -0.368 e. The summed E-state index contributed by atoms with van der Waals surface area (Å²) in [5.74, 6) is -4.23. The zero-order valence-corrected chi connectivity index (χ0v) is 12.4. The van der Waals surface area contributed by atoms with E-state index in [1.165, 1.54) is 16.9 Å². The molecule has 1 saturated carbocycles. The van der Waals surface area contributed by atoms with Gasteiger partial charge in [0, 0.05) is 25.6 Å². The molecule has 0 spiro atoms. The van der Waals surface area contributed by atoms with Crippen molar-refractivity contribution >= 4 is 11.8 Å². The van der Waals surface area contributed by atoms with Crippen LogP contribution in [0.25, 0.3) is 0 Å². The van der Waals surface area contributed by atoms with Crippen molar-refractivity contribution in [1.82, 2.24) is 15.1 Å². The van der Waals surface area contributed by atoms with E-state index in [9.17, 15) is 18.4 Å². The Morgan fingerprint density at radius 1 is 1.50 bits per heavy atom. The van der Waals surface area contributed by atoms with Crippen molar-refractivity contribution in [1.29, 1.82) is 0 Å². The molecule has 0 aromatic carbocycles. The lowest BCUT2D eigenvalue weighted by atomic mass is 9.81. The van der Waals surface area contributed by atoms with Gasteiger partial charge in [0.2, 0.25) is 11.8 Å². The maximum absolute atomic E-state index is 13.2. The van der Waals surface area contributed by atoms with Gasteiger partial charge in [0.1, 0.15) is 11.7 Å². The molecule has 122 valence electrons. The predicted molar refractivity (Wildman–Crippen MR) is 75.3 cm³/mol. The summed E-state index contributed by atoms with van der Waals surface area (Å²) < 4.78 is 27.9. The van der Waals surface area contributed by atoms with Crippen LogP contribution in [0.2, 0.25) is 0 Å². The zero-order chi connectivity index (χ0) is 16.3. The molecule has 1 aromatic rings. The summed E-state index contributed by atoms with van der Waals surface area (Å²) in [6, 6.07) is 0.593. The molecule has 1 heterocycles. The highest BCUT2D eigenvalue weighted by Gasteiger charge is 2.39. The summed E-state index contributed by atoms with van der Waals surface area (Å²) in [4.78, 5) is 23.9.